The Morgan fingerprint density at radius 3 is 3.00 bits per heavy atom. The van der Waals surface area contributed by atoms with Crippen LogP contribution in [0.15, 0.2) is 12.4 Å². The van der Waals surface area contributed by atoms with E-state index in [4.69, 9.17) is 11.6 Å². The van der Waals surface area contributed by atoms with Crippen LogP contribution in [0.4, 0.5) is 0 Å². The number of hydrogen-bond acceptors (Lipinski definition) is 4. The van der Waals surface area contributed by atoms with Crippen LogP contribution in [-0.4, -0.2) is 33.6 Å². The van der Waals surface area contributed by atoms with Crippen molar-refractivity contribution >= 4 is 17.5 Å². The maximum Gasteiger partial charge on any atom is 0.271 e. The molecule has 0 bridgehead atoms. The van der Waals surface area contributed by atoms with Crippen LogP contribution in [0.3, 0.4) is 0 Å². The lowest BCUT2D eigenvalue weighted by molar-refractivity contribution is 0.0911. The molecule has 6 heteroatoms. The van der Waals surface area contributed by atoms with Crippen LogP contribution in [0.5, 0.6) is 0 Å². The minimum Gasteiger partial charge on any atom is -0.393 e. The number of carbonyl (C=O) groups excluding carboxylic acids is 1. The summed E-state index contributed by atoms with van der Waals surface area (Å²) in [7, 11) is 0. The molecule has 1 aromatic heterocycles. The quantitative estimate of drug-likeness (QED) is 0.846. The molecule has 0 aromatic carbocycles. The fraction of sp³-hybridized carbons (Fsp3) is 0.545. The number of aliphatic hydroxyl groups is 1. The number of rotatable bonds is 3. The van der Waals surface area contributed by atoms with Crippen molar-refractivity contribution in [3.63, 3.8) is 0 Å². The Bertz CT molecular complexity index is 413. The van der Waals surface area contributed by atoms with E-state index >= 15 is 0 Å². The van der Waals surface area contributed by atoms with Gasteiger partial charge in [0, 0.05) is 12.5 Å². The molecule has 1 fully saturated rings. The zero-order valence-electron chi connectivity index (χ0n) is 9.27. The van der Waals surface area contributed by atoms with Gasteiger partial charge in [0.15, 0.2) is 0 Å². The van der Waals surface area contributed by atoms with E-state index < -0.39 is 0 Å². The number of nitrogens with one attached hydrogen (secondary N) is 1. The van der Waals surface area contributed by atoms with Crippen LogP contribution < -0.4 is 5.32 Å². The average Bonchev–Trinajstić information content (AvgIpc) is 2.72. The van der Waals surface area contributed by atoms with E-state index in [9.17, 15) is 9.90 Å². The van der Waals surface area contributed by atoms with Gasteiger partial charge in [0.05, 0.1) is 18.5 Å². The van der Waals surface area contributed by atoms with Crippen molar-refractivity contribution in [2.24, 2.45) is 5.92 Å². The number of hydrogen-bond donors (Lipinski definition) is 2. The largest absolute Gasteiger partial charge is 0.393 e. The Morgan fingerprint density at radius 1 is 1.53 bits per heavy atom. The van der Waals surface area contributed by atoms with Gasteiger partial charge in [0.2, 0.25) is 0 Å². The predicted octanol–water partition coefficient (Wildman–Crippen LogP) is 1.02. The Hall–Kier alpha value is -1.20. The van der Waals surface area contributed by atoms with E-state index in [1.54, 1.807) is 0 Å². The van der Waals surface area contributed by atoms with Gasteiger partial charge in [0.1, 0.15) is 10.8 Å². The lowest BCUT2D eigenvalue weighted by Crippen LogP contribution is -2.32. The van der Waals surface area contributed by atoms with Crippen LogP contribution in [0.1, 0.15) is 29.8 Å². The highest BCUT2D eigenvalue weighted by molar-refractivity contribution is 6.29. The van der Waals surface area contributed by atoms with Crippen LogP contribution in [-0.2, 0) is 0 Å². The van der Waals surface area contributed by atoms with Crippen LogP contribution in [0.25, 0.3) is 0 Å². The highest BCUT2D eigenvalue weighted by atomic mass is 35.5. The number of nitrogens with zero attached hydrogens (tertiary/aromatic N) is 2. The van der Waals surface area contributed by atoms with E-state index in [2.05, 4.69) is 15.3 Å². The second-order valence-corrected chi connectivity index (χ2v) is 4.58. The zero-order valence-corrected chi connectivity index (χ0v) is 10.0. The second kappa shape index (κ2) is 5.42. The fourth-order valence-electron chi connectivity index (χ4n) is 2.02. The van der Waals surface area contributed by atoms with Crippen molar-refractivity contribution in [3.05, 3.63) is 23.2 Å². The monoisotopic (exact) mass is 255 g/mol. The van der Waals surface area contributed by atoms with Gasteiger partial charge in [0.25, 0.3) is 5.91 Å². The molecular formula is C11H14ClN3O2. The number of amides is 1. The third kappa shape index (κ3) is 3.14. The molecule has 0 aliphatic heterocycles. The first kappa shape index (κ1) is 12.3. The van der Waals surface area contributed by atoms with Crippen molar-refractivity contribution in [2.75, 3.05) is 6.54 Å². The van der Waals surface area contributed by atoms with E-state index in [-0.39, 0.29) is 28.8 Å². The summed E-state index contributed by atoms with van der Waals surface area (Å²) >= 11 is 5.65. The highest BCUT2D eigenvalue weighted by Crippen LogP contribution is 2.24. The van der Waals surface area contributed by atoms with Gasteiger partial charge in [-0.3, -0.25) is 9.78 Å². The van der Waals surface area contributed by atoms with Crippen molar-refractivity contribution in [1.29, 1.82) is 0 Å². The Kier molecular flexibility index (Phi) is 3.91. The van der Waals surface area contributed by atoms with Gasteiger partial charge in [-0.25, -0.2) is 4.98 Å². The molecule has 17 heavy (non-hydrogen) atoms. The van der Waals surface area contributed by atoms with Gasteiger partial charge in [-0.1, -0.05) is 18.0 Å². The molecule has 1 aromatic rings. The molecule has 2 atom stereocenters. The molecule has 2 unspecified atom stereocenters. The van der Waals surface area contributed by atoms with Gasteiger partial charge in [-0.2, -0.15) is 0 Å². The lowest BCUT2D eigenvalue weighted by atomic mass is 10.1. The first-order chi connectivity index (χ1) is 8.16. The first-order valence-electron chi connectivity index (χ1n) is 5.60. The third-order valence-corrected chi connectivity index (χ3v) is 3.16. The topological polar surface area (TPSA) is 75.1 Å². The molecule has 1 amide bonds. The normalized spacial score (nSPS) is 23.6. The fourth-order valence-corrected chi connectivity index (χ4v) is 2.17. The van der Waals surface area contributed by atoms with Crippen LogP contribution >= 0.6 is 11.6 Å². The molecule has 5 nitrogen and oxygen atoms in total. The van der Waals surface area contributed by atoms with Gasteiger partial charge >= 0.3 is 0 Å². The summed E-state index contributed by atoms with van der Waals surface area (Å²) in [4.78, 5) is 19.4. The Balaban J connectivity index is 1.89. The summed E-state index contributed by atoms with van der Waals surface area (Å²) in [5, 5.41) is 12.5. The van der Waals surface area contributed by atoms with E-state index in [0.29, 0.717) is 6.54 Å². The smallest absolute Gasteiger partial charge is 0.271 e. The molecular weight excluding hydrogens is 242 g/mol. The summed E-state index contributed by atoms with van der Waals surface area (Å²) in [5.41, 5.74) is 0.199. The third-order valence-electron chi connectivity index (χ3n) is 2.98. The van der Waals surface area contributed by atoms with Crippen molar-refractivity contribution in [3.8, 4) is 0 Å². The average molecular weight is 256 g/mol. The molecule has 2 rings (SSSR count). The molecule has 2 N–H and O–H groups in total. The van der Waals surface area contributed by atoms with Gasteiger partial charge in [-0.15, -0.1) is 0 Å². The molecule has 1 saturated carbocycles. The highest BCUT2D eigenvalue weighted by Gasteiger charge is 2.25. The summed E-state index contributed by atoms with van der Waals surface area (Å²) in [6.45, 7) is 0.466. The maximum atomic E-state index is 11.7. The number of carbonyl (C=O) groups is 1. The molecule has 0 spiro atoms. The maximum absolute atomic E-state index is 11.7. The zero-order chi connectivity index (χ0) is 12.3. The van der Waals surface area contributed by atoms with Crippen molar-refractivity contribution < 1.29 is 9.90 Å². The molecule has 0 radical (unpaired) electrons. The minimum absolute atomic E-state index is 0.145. The summed E-state index contributed by atoms with van der Waals surface area (Å²) in [5.74, 6) is -0.162. The second-order valence-electron chi connectivity index (χ2n) is 4.20. The number of halogens is 1. The Morgan fingerprint density at radius 2 is 2.35 bits per heavy atom. The number of aromatic nitrogens is 2. The van der Waals surface area contributed by atoms with E-state index in [1.165, 1.54) is 12.4 Å². The SMILES string of the molecule is O=C(NCC1CCCC1O)c1cncc(Cl)n1. The van der Waals surface area contributed by atoms with Gasteiger partial charge < -0.3 is 10.4 Å². The molecule has 0 saturated heterocycles. The Labute approximate surface area is 104 Å². The summed E-state index contributed by atoms with van der Waals surface area (Å²) < 4.78 is 0. The summed E-state index contributed by atoms with van der Waals surface area (Å²) in [6.07, 6.45) is 5.21. The predicted molar refractivity (Wildman–Crippen MR) is 62.7 cm³/mol. The standard InChI is InChI=1S/C11H14ClN3O2/c12-10-6-13-5-8(15-10)11(17)14-4-7-2-1-3-9(7)16/h5-7,9,16H,1-4H2,(H,14,17). The van der Waals surface area contributed by atoms with E-state index in [0.717, 1.165) is 19.3 Å². The van der Waals surface area contributed by atoms with Crippen molar-refractivity contribution in [1.82, 2.24) is 15.3 Å². The first-order valence-corrected chi connectivity index (χ1v) is 5.98. The van der Waals surface area contributed by atoms with E-state index in [1.807, 2.05) is 0 Å². The molecule has 92 valence electrons. The van der Waals surface area contributed by atoms with Crippen LogP contribution in [0.2, 0.25) is 5.15 Å². The summed E-state index contributed by atoms with van der Waals surface area (Å²) in [6, 6.07) is 0. The molecule has 1 aliphatic carbocycles. The van der Waals surface area contributed by atoms with Crippen LogP contribution in [0, 0.1) is 5.92 Å². The minimum atomic E-state index is -0.306. The number of aliphatic hydroxyl groups excluding tert-OH is 1. The van der Waals surface area contributed by atoms with Crippen molar-refractivity contribution in [2.45, 2.75) is 25.4 Å². The van der Waals surface area contributed by atoms with Gasteiger partial charge in [-0.05, 0) is 12.8 Å². The molecule has 1 aliphatic rings. The molecule has 1 heterocycles. The lowest BCUT2D eigenvalue weighted by Gasteiger charge is -2.14.